The molecular weight excluding hydrogens is 954 g/mol. The van der Waals surface area contributed by atoms with E-state index < -0.39 is 26.5 Å². The Morgan fingerprint density at radius 2 is 0.693 bits per heavy atom. The maximum absolute atomic E-state index is 12.7. The number of ether oxygens (including phenoxy) is 2. The minimum absolute atomic E-state index is 0.0458. The number of phosphoric ester groups is 1. The van der Waals surface area contributed by atoms with Crippen LogP contribution in [0.4, 0.5) is 0 Å². The van der Waals surface area contributed by atoms with Crippen molar-refractivity contribution in [1.82, 2.24) is 0 Å². The van der Waals surface area contributed by atoms with Crippen LogP contribution in [-0.4, -0.2) is 49.3 Å². The standard InChI is InChI=1S/C65H112NO8P/c1-3-5-7-9-11-13-15-17-19-21-23-25-26-27-28-29-30-31-32-33-34-35-36-38-39-41-43-45-47-49-51-53-55-57-64(67)71-61-63(62-73-75(69,70)72-60-59-66)74-65(68)58-56-54-52-50-48-46-44-42-40-37-24-22-20-18-16-14-12-10-8-6-4-2/h5-8,11-14,17-20,23-25,37,42,44,63H,3-4,9-10,15-16,21-22,26-36,38-41,43,45-62,66H2,1-2H3,(H,69,70)/b7-5-,8-6-,13-11-,14-12-,19-17-,20-18-,25-23-,37-24-,44-42-. The molecule has 430 valence electrons. The fraction of sp³-hybridized carbons (Fsp3) is 0.692. The van der Waals surface area contributed by atoms with E-state index in [9.17, 15) is 19.0 Å². The second-order valence-corrected chi connectivity index (χ2v) is 21.3. The molecule has 0 aliphatic carbocycles. The first-order valence-electron chi connectivity index (χ1n) is 30.4. The number of hydrogen-bond acceptors (Lipinski definition) is 8. The highest BCUT2D eigenvalue weighted by Crippen LogP contribution is 2.43. The lowest BCUT2D eigenvalue weighted by molar-refractivity contribution is -0.161. The van der Waals surface area contributed by atoms with Crippen molar-refractivity contribution in [2.24, 2.45) is 5.73 Å². The van der Waals surface area contributed by atoms with Gasteiger partial charge in [-0.25, -0.2) is 4.57 Å². The second-order valence-electron chi connectivity index (χ2n) is 19.8. The maximum Gasteiger partial charge on any atom is 0.472 e. The molecule has 2 atom stereocenters. The summed E-state index contributed by atoms with van der Waals surface area (Å²) < 4.78 is 33.0. The van der Waals surface area contributed by atoms with Gasteiger partial charge >= 0.3 is 19.8 Å². The SMILES string of the molecule is CC/C=C\C/C=C\C/C=C\C/C=C\C/C=C\CCCCCCCC(=O)OC(COC(=O)CCCCCCCCCCCCCCCCCCCCCC/C=C\C/C=C\C/C=C\C/C=C\CC)COP(=O)(O)OCCN. The first-order chi connectivity index (χ1) is 36.8. The lowest BCUT2D eigenvalue weighted by atomic mass is 10.0. The van der Waals surface area contributed by atoms with Crippen LogP contribution in [0.15, 0.2) is 109 Å². The molecule has 0 fully saturated rings. The van der Waals surface area contributed by atoms with Gasteiger partial charge in [-0.05, 0) is 96.3 Å². The number of hydrogen-bond donors (Lipinski definition) is 2. The summed E-state index contributed by atoms with van der Waals surface area (Å²) in [5.41, 5.74) is 5.38. The van der Waals surface area contributed by atoms with Gasteiger partial charge in [0.2, 0.25) is 0 Å². The molecule has 0 aromatic heterocycles. The second kappa shape index (κ2) is 59.9. The monoisotopic (exact) mass is 1070 g/mol. The average Bonchev–Trinajstić information content (AvgIpc) is 3.40. The van der Waals surface area contributed by atoms with Gasteiger partial charge in [0, 0.05) is 19.4 Å². The summed E-state index contributed by atoms with van der Waals surface area (Å²) in [6.45, 7) is 3.50. The number of nitrogens with two attached hydrogens (primary N) is 1. The lowest BCUT2D eigenvalue weighted by Gasteiger charge is -2.19. The van der Waals surface area contributed by atoms with E-state index in [1.54, 1.807) is 0 Å². The van der Waals surface area contributed by atoms with Crippen LogP contribution in [0, 0.1) is 0 Å². The summed E-state index contributed by atoms with van der Waals surface area (Å²) in [6.07, 6.45) is 81.6. The Bertz CT molecular complexity index is 1590. The van der Waals surface area contributed by atoms with E-state index in [1.807, 2.05) is 0 Å². The Morgan fingerprint density at radius 1 is 0.400 bits per heavy atom. The van der Waals surface area contributed by atoms with Crippen molar-refractivity contribution in [1.29, 1.82) is 0 Å². The average molecular weight is 1070 g/mol. The molecule has 9 nitrogen and oxygen atoms in total. The molecule has 10 heteroatoms. The van der Waals surface area contributed by atoms with Gasteiger partial charge < -0.3 is 20.1 Å². The summed E-state index contributed by atoms with van der Waals surface area (Å²) in [5, 5.41) is 0. The molecule has 0 aromatic carbocycles. The molecule has 0 amide bonds. The Balaban J connectivity index is 3.92. The van der Waals surface area contributed by atoms with Crippen molar-refractivity contribution in [2.75, 3.05) is 26.4 Å². The predicted molar refractivity (Wildman–Crippen MR) is 321 cm³/mol. The molecule has 0 aliphatic heterocycles. The normalized spacial score (nSPS) is 13.8. The molecule has 75 heavy (non-hydrogen) atoms. The fourth-order valence-corrected chi connectivity index (χ4v) is 9.01. The summed E-state index contributed by atoms with van der Waals surface area (Å²) in [6, 6.07) is 0. The fourth-order valence-electron chi connectivity index (χ4n) is 8.24. The third-order valence-corrected chi connectivity index (χ3v) is 13.6. The van der Waals surface area contributed by atoms with Crippen molar-refractivity contribution in [2.45, 2.75) is 264 Å². The molecule has 0 radical (unpaired) electrons. The van der Waals surface area contributed by atoms with Gasteiger partial charge in [0.15, 0.2) is 6.10 Å². The molecule has 0 rings (SSSR count). The Kier molecular flexibility index (Phi) is 57.2. The summed E-state index contributed by atoms with van der Waals surface area (Å²) in [4.78, 5) is 35.2. The minimum atomic E-state index is -4.40. The lowest BCUT2D eigenvalue weighted by Crippen LogP contribution is -2.29. The Morgan fingerprint density at radius 3 is 1.03 bits per heavy atom. The topological polar surface area (TPSA) is 134 Å². The van der Waals surface area contributed by atoms with E-state index in [4.69, 9.17) is 24.3 Å². The van der Waals surface area contributed by atoms with Crippen LogP contribution in [0.3, 0.4) is 0 Å². The summed E-state index contributed by atoms with van der Waals surface area (Å²) in [5.74, 6) is -0.848. The smallest absolute Gasteiger partial charge is 0.462 e. The quantitative estimate of drug-likeness (QED) is 0.0264. The van der Waals surface area contributed by atoms with E-state index in [2.05, 4.69) is 123 Å². The van der Waals surface area contributed by atoms with Gasteiger partial charge in [0.1, 0.15) is 6.61 Å². The van der Waals surface area contributed by atoms with E-state index in [-0.39, 0.29) is 38.6 Å². The van der Waals surface area contributed by atoms with E-state index in [0.29, 0.717) is 6.42 Å². The zero-order valence-corrected chi connectivity index (χ0v) is 48.9. The number of carbonyl (C=O) groups excluding carboxylic acids is 2. The Hall–Kier alpha value is -3.33. The van der Waals surface area contributed by atoms with Gasteiger partial charge in [-0.2, -0.15) is 0 Å². The molecule has 0 saturated heterocycles. The third-order valence-electron chi connectivity index (χ3n) is 12.7. The summed E-state index contributed by atoms with van der Waals surface area (Å²) in [7, 11) is -4.40. The molecule has 0 saturated carbocycles. The number of carbonyl (C=O) groups is 2. The van der Waals surface area contributed by atoms with Gasteiger partial charge in [-0.1, -0.05) is 258 Å². The minimum Gasteiger partial charge on any atom is -0.462 e. The first-order valence-corrected chi connectivity index (χ1v) is 31.9. The van der Waals surface area contributed by atoms with Crippen LogP contribution < -0.4 is 5.73 Å². The number of unbranched alkanes of at least 4 members (excludes halogenated alkanes) is 25. The number of phosphoric acid groups is 1. The predicted octanol–water partition coefficient (Wildman–Crippen LogP) is 19.4. The molecule has 0 bridgehead atoms. The van der Waals surface area contributed by atoms with Crippen LogP contribution in [-0.2, 0) is 32.7 Å². The third kappa shape index (κ3) is 59.8. The van der Waals surface area contributed by atoms with Gasteiger partial charge in [-0.3, -0.25) is 18.6 Å². The van der Waals surface area contributed by atoms with Crippen molar-refractivity contribution in [3.63, 3.8) is 0 Å². The molecule has 2 unspecified atom stereocenters. The zero-order valence-electron chi connectivity index (χ0n) is 48.0. The van der Waals surface area contributed by atoms with Crippen LogP contribution in [0.5, 0.6) is 0 Å². The van der Waals surface area contributed by atoms with Crippen molar-refractivity contribution >= 4 is 19.8 Å². The highest BCUT2D eigenvalue weighted by Gasteiger charge is 2.26. The van der Waals surface area contributed by atoms with E-state index in [0.717, 1.165) is 109 Å². The molecule has 0 spiro atoms. The summed E-state index contributed by atoms with van der Waals surface area (Å²) >= 11 is 0. The maximum atomic E-state index is 12.7. The number of rotatable bonds is 56. The molecule has 0 heterocycles. The van der Waals surface area contributed by atoms with Crippen LogP contribution >= 0.6 is 7.82 Å². The molecule has 3 N–H and O–H groups in total. The first kappa shape index (κ1) is 71.7. The highest BCUT2D eigenvalue weighted by molar-refractivity contribution is 7.47. The molecule has 0 aromatic rings. The largest absolute Gasteiger partial charge is 0.472 e. The number of allylic oxidation sites excluding steroid dienone is 18. The number of esters is 2. The highest BCUT2D eigenvalue weighted by atomic mass is 31.2. The molecular formula is C65H112NO8P. The van der Waals surface area contributed by atoms with E-state index in [1.165, 1.54) is 116 Å². The van der Waals surface area contributed by atoms with Gasteiger partial charge in [0.25, 0.3) is 0 Å². The van der Waals surface area contributed by atoms with Crippen molar-refractivity contribution in [3.05, 3.63) is 109 Å². The van der Waals surface area contributed by atoms with Crippen LogP contribution in [0.1, 0.15) is 258 Å². The van der Waals surface area contributed by atoms with Crippen molar-refractivity contribution < 1.29 is 37.6 Å². The van der Waals surface area contributed by atoms with Crippen LogP contribution in [0.25, 0.3) is 0 Å². The van der Waals surface area contributed by atoms with Crippen LogP contribution in [0.2, 0.25) is 0 Å². The molecule has 0 aliphatic rings. The van der Waals surface area contributed by atoms with Gasteiger partial charge in [-0.15, -0.1) is 0 Å². The van der Waals surface area contributed by atoms with Gasteiger partial charge in [0.05, 0.1) is 13.2 Å². The van der Waals surface area contributed by atoms with Crippen molar-refractivity contribution in [3.8, 4) is 0 Å². The van der Waals surface area contributed by atoms with E-state index >= 15 is 0 Å². The zero-order chi connectivity index (χ0) is 54.5. The Labute approximate surface area is 460 Å².